The highest BCUT2D eigenvalue weighted by Crippen LogP contribution is 2.39. The number of nitrogens with one attached hydrogen (secondary N) is 2. The molecule has 0 atom stereocenters. The van der Waals surface area contributed by atoms with Gasteiger partial charge in [0.1, 0.15) is 5.82 Å². The summed E-state index contributed by atoms with van der Waals surface area (Å²) in [5.41, 5.74) is 1.76. The third kappa shape index (κ3) is 3.59. The normalized spacial score (nSPS) is 13.5. The smallest absolute Gasteiger partial charge is 0.349 e. The van der Waals surface area contributed by atoms with E-state index in [9.17, 15) is 9.59 Å². The molecule has 0 radical (unpaired) electrons. The molecule has 1 aliphatic rings. The minimum Gasteiger partial charge on any atom is -0.349 e. The van der Waals surface area contributed by atoms with Gasteiger partial charge < -0.3 is 5.32 Å². The minimum absolute atomic E-state index is 0.183. The van der Waals surface area contributed by atoms with E-state index in [4.69, 9.17) is 0 Å². The van der Waals surface area contributed by atoms with Gasteiger partial charge in [-0.1, -0.05) is 24.3 Å². The average Bonchev–Trinajstić information content (AvgIpc) is 3.16. The lowest BCUT2D eigenvalue weighted by Gasteiger charge is -2.03. The van der Waals surface area contributed by atoms with Crippen LogP contribution in [0, 0.1) is 0 Å². The summed E-state index contributed by atoms with van der Waals surface area (Å²) in [6, 6.07) is 15.2. The van der Waals surface area contributed by atoms with Crippen molar-refractivity contribution in [2.75, 3.05) is 6.54 Å². The Morgan fingerprint density at radius 1 is 1.20 bits per heavy atom. The summed E-state index contributed by atoms with van der Waals surface area (Å²) in [6.07, 6.45) is 2.09. The number of para-hydroxylation sites is 1. The van der Waals surface area contributed by atoms with Gasteiger partial charge in [-0.25, -0.2) is 14.0 Å². The van der Waals surface area contributed by atoms with Gasteiger partial charge in [-0.3, -0.25) is 9.89 Å². The lowest BCUT2D eigenvalue weighted by molar-refractivity contribution is 0.0946. The second-order valence-corrected chi connectivity index (χ2v) is 8.16. The number of hydrogen-bond acceptors (Lipinski definition) is 5. The van der Waals surface area contributed by atoms with Crippen LogP contribution < -0.4 is 11.0 Å². The Labute approximate surface area is 176 Å². The molecule has 1 fully saturated rings. The van der Waals surface area contributed by atoms with E-state index in [2.05, 4.69) is 20.6 Å². The average molecular weight is 420 g/mol. The van der Waals surface area contributed by atoms with E-state index in [0.717, 1.165) is 34.9 Å². The van der Waals surface area contributed by atoms with Crippen molar-refractivity contribution in [3.8, 4) is 16.3 Å². The van der Waals surface area contributed by atoms with E-state index in [1.165, 1.54) is 4.68 Å². The number of benzene rings is 1. The standard InChI is InChI=1S/C21H20N6O2S/c28-20(17-13-16(23-24-17)18-7-4-12-30-18)22-10-11-26-21(29)27(15-5-2-1-3-6-15)19(25-26)14-8-9-14/h1-7,12-14H,8-11H2,(H,22,28)(H,23,24). The highest BCUT2D eigenvalue weighted by molar-refractivity contribution is 7.13. The molecule has 0 saturated heterocycles. The maximum Gasteiger partial charge on any atom is 0.350 e. The maximum absolute atomic E-state index is 12.9. The van der Waals surface area contributed by atoms with Crippen LogP contribution in [0.25, 0.3) is 16.3 Å². The first-order valence-corrected chi connectivity index (χ1v) is 10.7. The summed E-state index contributed by atoms with van der Waals surface area (Å²) in [7, 11) is 0. The molecule has 1 amide bonds. The Hall–Kier alpha value is -3.46. The molecule has 4 aromatic rings. The fraction of sp³-hybridized carbons (Fsp3) is 0.238. The summed E-state index contributed by atoms with van der Waals surface area (Å²) < 4.78 is 3.11. The Morgan fingerprint density at radius 3 is 2.77 bits per heavy atom. The van der Waals surface area contributed by atoms with Gasteiger partial charge in [0.25, 0.3) is 5.91 Å². The van der Waals surface area contributed by atoms with Crippen LogP contribution in [-0.4, -0.2) is 37.0 Å². The molecule has 0 aliphatic heterocycles. The van der Waals surface area contributed by atoms with E-state index in [0.29, 0.717) is 18.2 Å². The number of rotatable bonds is 7. The van der Waals surface area contributed by atoms with Gasteiger partial charge >= 0.3 is 5.69 Å². The lowest BCUT2D eigenvalue weighted by Crippen LogP contribution is -2.32. The fourth-order valence-electron chi connectivity index (χ4n) is 3.36. The summed E-state index contributed by atoms with van der Waals surface area (Å²) in [6.45, 7) is 0.585. The number of H-pyrrole nitrogens is 1. The zero-order chi connectivity index (χ0) is 20.5. The zero-order valence-electron chi connectivity index (χ0n) is 16.1. The molecule has 1 aliphatic carbocycles. The Bertz CT molecular complexity index is 1220. The summed E-state index contributed by atoms with van der Waals surface area (Å²) in [5, 5.41) is 16.3. The number of amides is 1. The maximum atomic E-state index is 12.9. The first kappa shape index (κ1) is 18.6. The Morgan fingerprint density at radius 2 is 2.03 bits per heavy atom. The van der Waals surface area contributed by atoms with Crippen molar-refractivity contribution in [1.29, 1.82) is 0 Å². The lowest BCUT2D eigenvalue weighted by atomic mass is 10.3. The van der Waals surface area contributed by atoms with Crippen molar-refractivity contribution in [2.24, 2.45) is 0 Å². The molecule has 30 heavy (non-hydrogen) atoms. The van der Waals surface area contributed by atoms with Crippen LogP contribution in [0.4, 0.5) is 0 Å². The van der Waals surface area contributed by atoms with Crippen molar-refractivity contribution in [2.45, 2.75) is 25.3 Å². The van der Waals surface area contributed by atoms with Crippen LogP contribution in [0.5, 0.6) is 0 Å². The van der Waals surface area contributed by atoms with Gasteiger partial charge in [0.2, 0.25) is 0 Å². The SMILES string of the molecule is O=C(NCCn1nc(C2CC2)n(-c2ccccc2)c1=O)c1cc(-c2cccs2)[nH]n1. The van der Waals surface area contributed by atoms with Gasteiger partial charge in [-0.2, -0.15) is 10.2 Å². The molecule has 3 aromatic heterocycles. The number of nitrogens with zero attached hydrogens (tertiary/aromatic N) is 4. The van der Waals surface area contributed by atoms with Crippen molar-refractivity contribution in [3.63, 3.8) is 0 Å². The number of hydrogen-bond donors (Lipinski definition) is 2. The predicted molar refractivity (Wildman–Crippen MR) is 114 cm³/mol. The summed E-state index contributed by atoms with van der Waals surface area (Å²) in [5.74, 6) is 0.839. The van der Waals surface area contributed by atoms with Crippen molar-refractivity contribution >= 4 is 17.2 Å². The van der Waals surface area contributed by atoms with Gasteiger partial charge in [0.05, 0.1) is 22.8 Å². The van der Waals surface area contributed by atoms with Gasteiger partial charge in [0, 0.05) is 12.5 Å². The number of carbonyl (C=O) groups excluding carboxylic acids is 1. The predicted octanol–water partition coefficient (Wildman–Crippen LogP) is 2.79. The second-order valence-electron chi connectivity index (χ2n) is 7.21. The van der Waals surface area contributed by atoms with Crippen LogP contribution in [0.1, 0.15) is 35.1 Å². The summed E-state index contributed by atoms with van der Waals surface area (Å²) in [4.78, 5) is 26.4. The van der Waals surface area contributed by atoms with Crippen LogP contribution >= 0.6 is 11.3 Å². The van der Waals surface area contributed by atoms with Crippen LogP contribution in [0.15, 0.2) is 58.7 Å². The number of carbonyl (C=O) groups is 1. The van der Waals surface area contributed by atoms with Crippen molar-refractivity contribution < 1.29 is 4.79 Å². The Kier molecular flexibility index (Phi) is 4.80. The molecule has 3 heterocycles. The zero-order valence-corrected chi connectivity index (χ0v) is 16.9. The van der Waals surface area contributed by atoms with Crippen LogP contribution in [0.3, 0.4) is 0 Å². The molecule has 0 spiro atoms. The van der Waals surface area contributed by atoms with E-state index in [1.54, 1.807) is 22.0 Å². The molecular formula is C21H20N6O2S. The minimum atomic E-state index is -0.285. The first-order valence-electron chi connectivity index (χ1n) is 9.83. The van der Waals surface area contributed by atoms with Crippen LogP contribution in [0.2, 0.25) is 0 Å². The highest BCUT2D eigenvalue weighted by atomic mass is 32.1. The van der Waals surface area contributed by atoms with Gasteiger partial charge in [-0.05, 0) is 42.5 Å². The van der Waals surface area contributed by atoms with E-state index in [1.807, 2.05) is 47.8 Å². The molecule has 1 saturated carbocycles. The molecule has 8 nitrogen and oxygen atoms in total. The number of aromatic amines is 1. The molecule has 0 unspecified atom stereocenters. The molecule has 1 aromatic carbocycles. The Balaban J connectivity index is 1.28. The van der Waals surface area contributed by atoms with Crippen molar-refractivity contribution in [1.82, 2.24) is 29.9 Å². The molecule has 2 N–H and O–H groups in total. The quantitative estimate of drug-likeness (QED) is 0.480. The van der Waals surface area contributed by atoms with Crippen molar-refractivity contribution in [3.05, 3.63) is 75.9 Å². The monoisotopic (exact) mass is 420 g/mol. The molecule has 9 heteroatoms. The first-order chi connectivity index (χ1) is 14.7. The number of thiophene rings is 1. The van der Waals surface area contributed by atoms with Gasteiger partial charge in [-0.15, -0.1) is 11.3 Å². The molecular weight excluding hydrogens is 400 g/mol. The molecule has 152 valence electrons. The van der Waals surface area contributed by atoms with Crippen LogP contribution in [-0.2, 0) is 6.54 Å². The number of aromatic nitrogens is 5. The highest BCUT2D eigenvalue weighted by Gasteiger charge is 2.31. The summed E-state index contributed by atoms with van der Waals surface area (Å²) >= 11 is 1.58. The van der Waals surface area contributed by atoms with E-state index >= 15 is 0 Å². The third-order valence-corrected chi connectivity index (χ3v) is 5.93. The third-order valence-electron chi connectivity index (χ3n) is 5.03. The molecule has 5 rings (SSSR count). The fourth-order valence-corrected chi connectivity index (χ4v) is 4.05. The largest absolute Gasteiger partial charge is 0.350 e. The topological polar surface area (TPSA) is 97.6 Å². The van der Waals surface area contributed by atoms with E-state index in [-0.39, 0.29) is 18.1 Å². The second kappa shape index (κ2) is 7.75. The van der Waals surface area contributed by atoms with E-state index < -0.39 is 0 Å². The van der Waals surface area contributed by atoms with Gasteiger partial charge in [0.15, 0.2) is 5.69 Å². The molecule has 0 bridgehead atoms.